The number of benzene rings is 1. The van der Waals surface area contributed by atoms with E-state index in [0.717, 1.165) is 11.3 Å². The summed E-state index contributed by atoms with van der Waals surface area (Å²) in [5.74, 6) is 0. The van der Waals surface area contributed by atoms with E-state index in [0.29, 0.717) is 5.03 Å². The molecule has 1 aromatic heterocycles. The van der Waals surface area contributed by atoms with Gasteiger partial charge >= 0.3 is 0 Å². The first-order chi connectivity index (χ1) is 7.18. The Morgan fingerprint density at radius 2 is 2.00 bits per heavy atom. The molecule has 0 saturated heterocycles. The molecule has 0 spiro atoms. The molecule has 1 unspecified atom stereocenters. The highest BCUT2D eigenvalue weighted by Gasteiger charge is 2.09. The molecule has 0 amide bonds. The molecule has 4 nitrogen and oxygen atoms in total. The van der Waals surface area contributed by atoms with E-state index in [-0.39, 0.29) is 0 Å². The first kappa shape index (κ1) is 10.1. The van der Waals surface area contributed by atoms with Crippen LogP contribution in [0.5, 0.6) is 0 Å². The number of aromatic nitrogens is 2. The molecule has 0 bridgehead atoms. The van der Waals surface area contributed by atoms with E-state index in [1.54, 1.807) is 4.68 Å². The van der Waals surface area contributed by atoms with Crippen LogP contribution in [0, 0.1) is 6.92 Å². The highest BCUT2D eigenvalue weighted by atomic mass is 32.2. The smallest absolute Gasteiger partial charge is 0.167 e. The Hall–Kier alpha value is -1.46. The van der Waals surface area contributed by atoms with Crippen molar-refractivity contribution in [2.45, 2.75) is 11.9 Å². The van der Waals surface area contributed by atoms with Crippen molar-refractivity contribution in [1.82, 2.24) is 9.78 Å². The number of hydrogen-bond donors (Lipinski definition) is 1. The van der Waals surface area contributed by atoms with Crippen LogP contribution < -0.4 is 5.14 Å². The summed E-state index contributed by atoms with van der Waals surface area (Å²) in [6.45, 7) is 1.84. The normalized spacial score (nSPS) is 12.7. The summed E-state index contributed by atoms with van der Waals surface area (Å²) in [6, 6.07) is 9.63. The first-order valence-electron chi connectivity index (χ1n) is 4.46. The van der Waals surface area contributed by atoms with Gasteiger partial charge in [0.25, 0.3) is 0 Å². The van der Waals surface area contributed by atoms with E-state index in [1.165, 1.54) is 0 Å². The van der Waals surface area contributed by atoms with E-state index < -0.39 is 11.0 Å². The van der Waals surface area contributed by atoms with Crippen LogP contribution >= 0.6 is 0 Å². The molecule has 1 heterocycles. The lowest BCUT2D eigenvalue weighted by molar-refractivity contribution is 0.678. The molecule has 0 aliphatic rings. The molecule has 0 radical (unpaired) electrons. The average Bonchev–Trinajstić information content (AvgIpc) is 2.62. The number of rotatable bonds is 2. The zero-order valence-electron chi connectivity index (χ0n) is 8.25. The van der Waals surface area contributed by atoms with Crippen molar-refractivity contribution in [1.29, 1.82) is 0 Å². The molecular weight excluding hydrogens is 210 g/mol. The molecule has 0 saturated carbocycles. The SMILES string of the molecule is Cc1cn(-c2ccccc2)nc1S(N)=O. The van der Waals surface area contributed by atoms with E-state index >= 15 is 0 Å². The second-order valence-electron chi connectivity index (χ2n) is 3.19. The molecular formula is C10H11N3OS. The third-order valence-corrected chi connectivity index (χ3v) is 2.85. The third-order valence-electron chi connectivity index (χ3n) is 2.06. The highest BCUT2D eigenvalue weighted by Crippen LogP contribution is 2.12. The first-order valence-corrected chi connectivity index (χ1v) is 5.67. The maximum absolute atomic E-state index is 11.1. The van der Waals surface area contributed by atoms with Crippen LogP contribution in [0.3, 0.4) is 0 Å². The van der Waals surface area contributed by atoms with Gasteiger partial charge in [0.15, 0.2) is 5.03 Å². The molecule has 0 fully saturated rings. The Morgan fingerprint density at radius 3 is 2.53 bits per heavy atom. The second-order valence-corrected chi connectivity index (χ2v) is 4.18. The molecule has 2 N–H and O–H groups in total. The van der Waals surface area contributed by atoms with Crippen LogP contribution in [0.25, 0.3) is 5.69 Å². The predicted octanol–water partition coefficient (Wildman–Crippen LogP) is 1.16. The van der Waals surface area contributed by atoms with Crippen molar-refractivity contribution in [2.24, 2.45) is 5.14 Å². The zero-order chi connectivity index (χ0) is 10.8. The van der Waals surface area contributed by atoms with Crippen LogP contribution in [-0.4, -0.2) is 14.0 Å². The summed E-state index contributed by atoms with van der Waals surface area (Å²) in [7, 11) is -1.53. The Kier molecular flexibility index (Phi) is 2.66. The fraction of sp³-hybridized carbons (Fsp3) is 0.100. The maximum atomic E-state index is 11.1. The molecule has 0 aliphatic carbocycles. The molecule has 1 atom stereocenters. The van der Waals surface area contributed by atoms with Gasteiger partial charge in [-0.05, 0) is 19.1 Å². The largest absolute Gasteiger partial charge is 0.246 e. The van der Waals surface area contributed by atoms with E-state index in [2.05, 4.69) is 5.10 Å². The highest BCUT2D eigenvalue weighted by molar-refractivity contribution is 7.82. The molecule has 2 aromatic rings. The summed E-state index contributed by atoms with van der Waals surface area (Å²) < 4.78 is 12.8. The van der Waals surface area contributed by atoms with Gasteiger partial charge in [-0.15, -0.1) is 0 Å². The molecule has 78 valence electrons. The Morgan fingerprint density at radius 1 is 1.33 bits per heavy atom. The minimum atomic E-state index is -1.53. The van der Waals surface area contributed by atoms with Gasteiger partial charge in [0.1, 0.15) is 11.0 Å². The van der Waals surface area contributed by atoms with Gasteiger partial charge in [-0.1, -0.05) is 18.2 Å². The van der Waals surface area contributed by atoms with Crippen molar-refractivity contribution >= 4 is 11.0 Å². The molecule has 15 heavy (non-hydrogen) atoms. The van der Waals surface area contributed by atoms with Crippen molar-refractivity contribution in [3.05, 3.63) is 42.1 Å². The van der Waals surface area contributed by atoms with Gasteiger partial charge in [-0.2, -0.15) is 5.10 Å². The minimum absolute atomic E-state index is 0.429. The number of aryl methyl sites for hydroxylation is 1. The summed E-state index contributed by atoms with van der Waals surface area (Å²) in [4.78, 5) is 0. The van der Waals surface area contributed by atoms with Crippen LogP contribution in [-0.2, 0) is 11.0 Å². The summed E-state index contributed by atoms with van der Waals surface area (Å²) in [6.07, 6.45) is 1.81. The van der Waals surface area contributed by atoms with E-state index in [4.69, 9.17) is 5.14 Å². The van der Waals surface area contributed by atoms with Gasteiger partial charge in [0.05, 0.1) is 5.69 Å². The van der Waals surface area contributed by atoms with Gasteiger partial charge < -0.3 is 0 Å². The van der Waals surface area contributed by atoms with Crippen molar-refractivity contribution < 1.29 is 4.21 Å². The minimum Gasteiger partial charge on any atom is -0.246 e. The third kappa shape index (κ3) is 1.98. The van der Waals surface area contributed by atoms with E-state index in [1.807, 2.05) is 43.5 Å². The van der Waals surface area contributed by atoms with Gasteiger partial charge in [-0.3, -0.25) is 0 Å². The average molecular weight is 221 g/mol. The van der Waals surface area contributed by atoms with Crippen LogP contribution in [0.2, 0.25) is 0 Å². The maximum Gasteiger partial charge on any atom is 0.167 e. The molecule has 1 aromatic carbocycles. The van der Waals surface area contributed by atoms with Gasteiger partial charge in [0, 0.05) is 11.8 Å². The number of hydrogen-bond acceptors (Lipinski definition) is 2. The number of nitrogens with two attached hydrogens (primary N) is 1. The molecule has 2 rings (SSSR count). The lowest BCUT2D eigenvalue weighted by Gasteiger charge is -1.98. The second kappa shape index (κ2) is 3.96. The Labute approximate surface area is 90.3 Å². The molecule has 0 aliphatic heterocycles. The van der Waals surface area contributed by atoms with E-state index in [9.17, 15) is 4.21 Å². The fourth-order valence-electron chi connectivity index (χ4n) is 1.36. The predicted molar refractivity (Wildman–Crippen MR) is 58.9 cm³/mol. The Bertz CT molecular complexity index is 493. The number of nitrogens with zero attached hydrogens (tertiary/aromatic N) is 2. The lowest BCUT2D eigenvalue weighted by atomic mass is 10.3. The van der Waals surface area contributed by atoms with Crippen molar-refractivity contribution in [3.63, 3.8) is 0 Å². The lowest BCUT2D eigenvalue weighted by Crippen LogP contribution is -2.05. The topological polar surface area (TPSA) is 60.9 Å². The molecule has 5 heteroatoms. The van der Waals surface area contributed by atoms with Crippen LogP contribution in [0.1, 0.15) is 5.56 Å². The van der Waals surface area contributed by atoms with Gasteiger partial charge in [0.2, 0.25) is 0 Å². The fourth-order valence-corrected chi connectivity index (χ4v) is 1.89. The monoisotopic (exact) mass is 221 g/mol. The van der Waals surface area contributed by atoms with Gasteiger partial charge in [-0.25, -0.2) is 14.0 Å². The summed E-state index contributed by atoms with van der Waals surface area (Å²) in [5.41, 5.74) is 1.76. The van der Waals surface area contributed by atoms with Crippen molar-refractivity contribution in [2.75, 3.05) is 0 Å². The number of para-hydroxylation sites is 1. The summed E-state index contributed by atoms with van der Waals surface area (Å²) >= 11 is 0. The van der Waals surface area contributed by atoms with Crippen LogP contribution in [0.15, 0.2) is 41.6 Å². The van der Waals surface area contributed by atoms with Crippen molar-refractivity contribution in [3.8, 4) is 5.69 Å². The van der Waals surface area contributed by atoms with Crippen LogP contribution in [0.4, 0.5) is 0 Å². The zero-order valence-corrected chi connectivity index (χ0v) is 9.07. The standard InChI is InChI=1S/C10H11N3OS/c1-8-7-13(12-10(8)15(11)14)9-5-3-2-4-6-9/h2-7H,11H2,1H3. The Balaban J connectivity index is 2.48. The quantitative estimate of drug-likeness (QED) is 0.827. The summed E-state index contributed by atoms with van der Waals surface area (Å²) in [5, 5.41) is 9.90.